The zero-order valence-corrected chi connectivity index (χ0v) is 10.6. The molecule has 0 amide bonds. The normalized spacial score (nSPS) is 12.9. The van der Waals surface area contributed by atoms with Crippen molar-refractivity contribution < 1.29 is 19.4 Å². The highest BCUT2D eigenvalue weighted by atomic mass is 16.5. The first kappa shape index (κ1) is 12.4. The number of hydrogen-bond acceptors (Lipinski definition) is 3. The molecule has 0 atom stereocenters. The van der Waals surface area contributed by atoms with Gasteiger partial charge < -0.3 is 9.84 Å². The van der Waals surface area contributed by atoms with Crippen molar-refractivity contribution >= 4 is 11.8 Å². The summed E-state index contributed by atoms with van der Waals surface area (Å²) >= 11 is 0. The van der Waals surface area contributed by atoms with Gasteiger partial charge in [-0.05, 0) is 17.7 Å². The molecule has 0 unspecified atom stereocenters. The van der Waals surface area contributed by atoms with Crippen LogP contribution in [0.5, 0.6) is 5.75 Å². The van der Waals surface area contributed by atoms with Gasteiger partial charge in [0.1, 0.15) is 12.4 Å². The summed E-state index contributed by atoms with van der Waals surface area (Å²) in [5.41, 5.74) is 2.50. The first-order chi connectivity index (χ1) is 9.65. The highest BCUT2D eigenvalue weighted by molar-refractivity contribution is 6.12. The zero-order chi connectivity index (χ0) is 14.1. The van der Waals surface area contributed by atoms with Gasteiger partial charge in [-0.25, -0.2) is 0 Å². The minimum absolute atomic E-state index is 0.0611. The molecule has 20 heavy (non-hydrogen) atoms. The number of ether oxygens (including phenoxy) is 1. The second-order valence-electron chi connectivity index (χ2n) is 4.68. The van der Waals surface area contributed by atoms with Crippen LogP contribution < -0.4 is 4.74 Å². The fourth-order valence-corrected chi connectivity index (χ4v) is 2.35. The van der Waals surface area contributed by atoms with Crippen molar-refractivity contribution in [3.05, 3.63) is 64.7 Å². The second-order valence-corrected chi connectivity index (χ2v) is 4.68. The van der Waals surface area contributed by atoms with E-state index in [-0.39, 0.29) is 18.8 Å². The minimum atomic E-state index is -0.894. The quantitative estimate of drug-likeness (QED) is 0.908. The van der Waals surface area contributed by atoms with E-state index in [4.69, 9.17) is 9.84 Å². The van der Waals surface area contributed by atoms with E-state index in [2.05, 4.69) is 0 Å². The predicted octanol–water partition coefficient (Wildman–Crippen LogP) is 2.44. The molecule has 0 fully saturated rings. The lowest BCUT2D eigenvalue weighted by Gasteiger charge is -2.06. The van der Waals surface area contributed by atoms with Gasteiger partial charge in [0.15, 0.2) is 5.78 Å². The van der Waals surface area contributed by atoms with Crippen molar-refractivity contribution in [1.29, 1.82) is 0 Å². The summed E-state index contributed by atoms with van der Waals surface area (Å²) in [5.74, 6) is -0.419. The Bertz CT molecular complexity index is 703. The van der Waals surface area contributed by atoms with Crippen LogP contribution in [0.25, 0.3) is 0 Å². The molecule has 1 aliphatic rings. The Hall–Kier alpha value is -2.62. The van der Waals surface area contributed by atoms with Gasteiger partial charge in [-0.1, -0.05) is 30.3 Å². The van der Waals surface area contributed by atoms with Crippen LogP contribution in [0.1, 0.15) is 27.0 Å². The van der Waals surface area contributed by atoms with Crippen molar-refractivity contribution in [2.24, 2.45) is 0 Å². The number of fused-ring (bicyclic) bond motifs is 2. The standard InChI is InChI=1S/C16H12O4/c17-15(18)8-10-5-6-12-11(7-10)9-20-14-4-2-1-3-13(14)16(12)19/h1-7H,8-9H2,(H,17,18). The molecule has 100 valence electrons. The fraction of sp³-hybridized carbons (Fsp3) is 0.125. The SMILES string of the molecule is O=C(O)Cc1ccc2c(c1)COc1ccccc1C2=O. The first-order valence-electron chi connectivity index (χ1n) is 6.25. The van der Waals surface area contributed by atoms with Gasteiger partial charge in [-0.15, -0.1) is 0 Å². The predicted molar refractivity (Wildman–Crippen MR) is 72.0 cm³/mol. The summed E-state index contributed by atoms with van der Waals surface area (Å²) < 4.78 is 5.64. The maximum Gasteiger partial charge on any atom is 0.307 e. The molecule has 1 heterocycles. The third-order valence-corrected chi connectivity index (χ3v) is 3.28. The molecule has 2 aromatic rings. The van der Waals surface area contributed by atoms with E-state index in [9.17, 15) is 9.59 Å². The number of rotatable bonds is 2. The van der Waals surface area contributed by atoms with E-state index in [1.54, 1.807) is 36.4 Å². The molecule has 0 aliphatic carbocycles. The zero-order valence-electron chi connectivity index (χ0n) is 10.6. The monoisotopic (exact) mass is 268 g/mol. The van der Waals surface area contributed by atoms with E-state index in [1.807, 2.05) is 6.07 Å². The Balaban J connectivity index is 2.05. The highest BCUT2D eigenvalue weighted by Gasteiger charge is 2.22. The molecular weight excluding hydrogens is 256 g/mol. The number of benzene rings is 2. The van der Waals surface area contributed by atoms with Crippen LogP contribution in [-0.2, 0) is 17.8 Å². The molecule has 0 saturated carbocycles. The Morgan fingerprint density at radius 3 is 2.75 bits per heavy atom. The van der Waals surface area contributed by atoms with Crippen molar-refractivity contribution in [2.45, 2.75) is 13.0 Å². The number of hydrogen-bond donors (Lipinski definition) is 1. The number of carbonyl (C=O) groups excluding carboxylic acids is 1. The Morgan fingerprint density at radius 1 is 1.15 bits per heavy atom. The lowest BCUT2D eigenvalue weighted by Crippen LogP contribution is -2.06. The molecule has 1 N–H and O–H groups in total. The Kier molecular flexibility index (Phi) is 2.99. The molecule has 0 radical (unpaired) electrons. The molecule has 4 nitrogen and oxygen atoms in total. The molecule has 0 bridgehead atoms. The number of carbonyl (C=O) groups is 2. The van der Waals surface area contributed by atoms with Crippen LogP contribution in [-0.4, -0.2) is 16.9 Å². The van der Waals surface area contributed by atoms with Crippen LogP contribution in [0.4, 0.5) is 0 Å². The molecule has 0 saturated heterocycles. The Morgan fingerprint density at radius 2 is 1.95 bits per heavy atom. The smallest absolute Gasteiger partial charge is 0.307 e. The molecule has 1 aliphatic heterocycles. The Labute approximate surface area is 115 Å². The lowest BCUT2D eigenvalue weighted by molar-refractivity contribution is -0.136. The molecule has 0 spiro atoms. The van der Waals surface area contributed by atoms with Crippen molar-refractivity contribution in [1.82, 2.24) is 0 Å². The first-order valence-corrected chi connectivity index (χ1v) is 6.25. The van der Waals surface area contributed by atoms with Gasteiger partial charge in [-0.3, -0.25) is 9.59 Å². The van der Waals surface area contributed by atoms with Gasteiger partial charge in [0.2, 0.25) is 0 Å². The number of ketones is 1. The van der Waals surface area contributed by atoms with Crippen LogP contribution >= 0.6 is 0 Å². The van der Waals surface area contributed by atoms with Gasteiger partial charge in [0.25, 0.3) is 0 Å². The number of carboxylic acid groups (broad SMARTS) is 1. The van der Waals surface area contributed by atoms with Crippen molar-refractivity contribution in [3.63, 3.8) is 0 Å². The second kappa shape index (κ2) is 4.81. The van der Waals surface area contributed by atoms with Gasteiger partial charge in [-0.2, -0.15) is 0 Å². The largest absolute Gasteiger partial charge is 0.488 e. The average Bonchev–Trinajstić information content (AvgIpc) is 2.57. The third kappa shape index (κ3) is 2.16. The molecule has 3 rings (SSSR count). The number of carboxylic acids is 1. The van der Waals surface area contributed by atoms with E-state index < -0.39 is 5.97 Å². The molecule has 0 aromatic heterocycles. The van der Waals surface area contributed by atoms with Crippen molar-refractivity contribution in [2.75, 3.05) is 0 Å². The maximum atomic E-state index is 12.5. The van der Waals surface area contributed by atoms with Crippen LogP contribution in [0.15, 0.2) is 42.5 Å². The maximum absolute atomic E-state index is 12.5. The molecular formula is C16H12O4. The summed E-state index contributed by atoms with van der Waals surface area (Å²) in [7, 11) is 0. The van der Waals surface area contributed by atoms with Crippen LogP contribution in [0.3, 0.4) is 0 Å². The van der Waals surface area contributed by atoms with E-state index in [1.165, 1.54) is 0 Å². The number of para-hydroxylation sites is 1. The fourth-order valence-electron chi connectivity index (χ4n) is 2.35. The summed E-state index contributed by atoms with van der Waals surface area (Å²) in [6.07, 6.45) is -0.0611. The van der Waals surface area contributed by atoms with E-state index >= 15 is 0 Å². The van der Waals surface area contributed by atoms with Crippen LogP contribution in [0, 0.1) is 0 Å². The number of aliphatic carboxylic acids is 1. The summed E-state index contributed by atoms with van der Waals surface area (Å²) in [5, 5.41) is 8.82. The summed E-state index contributed by atoms with van der Waals surface area (Å²) in [4.78, 5) is 23.2. The summed E-state index contributed by atoms with van der Waals surface area (Å²) in [6.45, 7) is 0.269. The van der Waals surface area contributed by atoms with Gasteiger partial charge >= 0.3 is 5.97 Å². The summed E-state index contributed by atoms with van der Waals surface area (Å²) in [6, 6.07) is 12.2. The van der Waals surface area contributed by atoms with E-state index in [0.29, 0.717) is 22.4 Å². The molecule has 2 aromatic carbocycles. The third-order valence-electron chi connectivity index (χ3n) is 3.28. The van der Waals surface area contributed by atoms with E-state index in [0.717, 1.165) is 5.56 Å². The highest BCUT2D eigenvalue weighted by Crippen LogP contribution is 2.28. The van der Waals surface area contributed by atoms with Gasteiger partial charge in [0, 0.05) is 11.1 Å². The van der Waals surface area contributed by atoms with Crippen LogP contribution in [0.2, 0.25) is 0 Å². The van der Waals surface area contributed by atoms with Gasteiger partial charge in [0.05, 0.1) is 12.0 Å². The molecule has 4 heteroatoms. The average molecular weight is 268 g/mol. The lowest BCUT2D eigenvalue weighted by atomic mass is 9.96. The minimum Gasteiger partial charge on any atom is -0.488 e. The van der Waals surface area contributed by atoms with Crippen molar-refractivity contribution in [3.8, 4) is 5.75 Å². The topological polar surface area (TPSA) is 63.6 Å².